The van der Waals surface area contributed by atoms with Crippen LogP contribution < -0.4 is 0 Å². The van der Waals surface area contributed by atoms with Crippen LogP contribution >= 0.6 is 0 Å². The number of amides is 2. The summed E-state index contributed by atoms with van der Waals surface area (Å²) in [6, 6.07) is 0. The molecule has 2 aliphatic heterocycles. The molecule has 1 spiro atoms. The highest BCUT2D eigenvalue weighted by Crippen LogP contribution is 2.50. The summed E-state index contributed by atoms with van der Waals surface area (Å²) in [5.74, 6) is 0.851. The molecule has 1 aliphatic carbocycles. The van der Waals surface area contributed by atoms with Crippen LogP contribution in [0, 0.1) is 25.2 Å². The quantitative estimate of drug-likeness (QED) is 0.803. The Morgan fingerprint density at radius 2 is 1.88 bits per heavy atom. The zero-order chi connectivity index (χ0) is 18.3. The third-order valence-corrected chi connectivity index (χ3v) is 6.45. The number of carbonyl (C=O) groups is 2. The molecule has 0 radical (unpaired) electrons. The Bertz CT molecular complexity index is 690. The van der Waals surface area contributed by atoms with Crippen LogP contribution in [-0.4, -0.2) is 66.2 Å². The molecule has 2 atom stereocenters. The van der Waals surface area contributed by atoms with Crippen LogP contribution in [0.15, 0.2) is 4.52 Å². The Morgan fingerprint density at radius 1 is 1.12 bits per heavy atom. The number of aromatic nitrogens is 1. The zero-order valence-electron chi connectivity index (χ0n) is 15.6. The van der Waals surface area contributed by atoms with Gasteiger partial charge in [0.15, 0.2) is 0 Å². The van der Waals surface area contributed by atoms with Gasteiger partial charge < -0.3 is 19.1 Å². The summed E-state index contributed by atoms with van der Waals surface area (Å²) in [7, 11) is 0. The van der Waals surface area contributed by atoms with E-state index in [1.165, 1.54) is 0 Å². The first kappa shape index (κ1) is 17.5. The molecule has 1 aromatic heterocycles. The lowest BCUT2D eigenvalue weighted by Gasteiger charge is -2.36. The second kappa shape index (κ2) is 6.68. The minimum atomic E-state index is -0.0655. The van der Waals surface area contributed by atoms with E-state index in [4.69, 9.17) is 9.26 Å². The molecule has 2 saturated heterocycles. The minimum Gasteiger partial charge on any atom is -0.378 e. The van der Waals surface area contributed by atoms with Gasteiger partial charge in [0.1, 0.15) is 11.3 Å². The van der Waals surface area contributed by atoms with E-state index in [0.29, 0.717) is 56.4 Å². The van der Waals surface area contributed by atoms with Crippen molar-refractivity contribution in [1.29, 1.82) is 0 Å². The highest BCUT2D eigenvalue weighted by molar-refractivity contribution is 5.96. The molecule has 142 valence electrons. The molecule has 7 nitrogen and oxygen atoms in total. The first-order valence-corrected chi connectivity index (χ1v) is 9.60. The fourth-order valence-electron chi connectivity index (χ4n) is 5.03. The number of carbonyl (C=O) groups excluding carboxylic acids is 2. The molecule has 7 heteroatoms. The van der Waals surface area contributed by atoms with Gasteiger partial charge in [-0.25, -0.2) is 0 Å². The van der Waals surface area contributed by atoms with E-state index in [2.05, 4.69) is 5.16 Å². The number of likely N-dealkylation sites (tertiary alicyclic amines) is 1. The van der Waals surface area contributed by atoms with Crippen LogP contribution in [0.25, 0.3) is 0 Å². The molecule has 1 aromatic rings. The maximum Gasteiger partial charge on any atom is 0.259 e. The van der Waals surface area contributed by atoms with E-state index in [1.807, 2.05) is 9.80 Å². The molecule has 0 aromatic carbocycles. The zero-order valence-corrected chi connectivity index (χ0v) is 15.6. The van der Waals surface area contributed by atoms with Gasteiger partial charge in [-0.2, -0.15) is 0 Å². The summed E-state index contributed by atoms with van der Waals surface area (Å²) in [5, 5.41) is 3.91. The first-order valence-electron chi connectivity index (χ1n) is 9.60. The summed E-state index contributed by atoms with van der Waals surface area (Å²) >= 11 is 0. The fourth-order valence-corrected chi connectivity index (χ4v) is 5.03. The Balaban J connectivity index is 1.50. The van der Waals surface area contributed by atoms with Crippen LogP contribution in [0.4, 0.5) is 0 Å². The molecule has 0 bridgehead atoms. The predicted molar refractivity (Wildman–Crippen MR) is 93.7 cm³/mol. The van der Waals surface area contributed by atoms with Crippen molar-refractivity contribution < 1.29 is 18.8 Å². The van der Waals surface area contributed by atoms with Crippen LogP contribution in [0.1, 0.15) is 47.5 Å². The van der Waals surface area contributed by atoms with Gasteiger partial charge in [0.25, 0.3) is 5.91 Å². The van der Waals surface area contributed by atoms with Gasteiger partial charge in [0, 0.05) is 37.5 Å². The SMILES string of the molecule is Cc1noc(C)c1C(=O)N1CC[C@]2(CCC[C@H]2C(=O)N2CCOCC2)C1. The molecule has 3 heterocycles. The number of aryl methyl sites for hydroxylation is 2. The number of hydrogen-bond donors (Lipinski definition) is 0. The van der Waals surface area contributed by atoms with Gasteiger partial charge in [0.05, 0.1) is 18.9 Å². The maximum atomic E-state index is 13.1. The van der Waals surface area contributed by atoms with E-state index < -0.39 is 0 Å². The standard InChI is InChI=1S/C19H27N3O4/c1-13-16(14(2)26-20-13)18(24)22-7-6-19(12-22)5-3-4-15(19)17(23)21-8-10-25-11-9-21/h15H,3-12H2,1-2H3/t15-,19+/m0/s1. The van der Waals surface area contributed by atoms with E-state index in [0.717, 1.165) is 25.7 Å². The molecule has 26 heavy (non-hydrogen) atoms. The Hall–Kier alpha value is -1.89. The summed E-state index contributed by atoms with van der Waals surface area (Å²) < 4.78 is 10.5. The maximum absolute atomic E-state index is 13.1. The van der Waals surface area contributed by atoms with Gasteiger partial charge in [-0.15, -0.1) is 0 Å². The molecule has 0 N–H and O–H groups in total. The predicted octanol–water partition coefficient (Wildman–Crippen LogP) is 1.78. The molecule has 2 amide bonds. The van der Waals surface area contributed by atoms with Crippen molar-refractivity contribution in [3.05, 3.63) is 17.0 Å². The van der Waals surface area contributed by atoms with Gasteiger partial charge >= 0.3 is 0 Å². The van der Waals surface area contributed by atoms with Crippen molar-refractivity contribution in [1.82, 2.24) is 15.0 Å². The lowest BCUT2D eigenvalue weighted by Crippen LogP contribution is -2.47. The Kier molecular flexibility index (Phi) is 4.50. The second-order valence-electron chi connectivity index (χ2n) is 7.92. The molecule has 1 saturated carbocycles. The molecular weight excluding hydrogens is 334 g/mol. The van der Waals surface area contributed by atoms with E-state index in [-0.39, 0.29) is 23.1 Å². The highest BCUT2D eigenvalue weighted by Gasteiger charge is 2.52. The van der Waals surface area contributed by atoms with E-state index >= 15 is 0 Å². The summed E-state index contributed by atoms with van der Waals surface area (Å²) in [6.45, 7) is 7.58. The molecular formula is C19H27N3O4. The third-order valence-electron chi connectivity index (χ3n) is 6.45. The van der Waals surface area contributed by atoms with Crippen LogP contribution in [0.3, 0.4) is 0 Å². The lowest BCUT2D eigenvalue weighted by molar-refractivity contribution is -0.143. The number of ether oxygens (including phenoxy) is 1. The molecule has 0 unspecified atom stereocenters. The topological polar surface area (TPSA) is 75.9 Å². The number of nitrogens with zero attached hydrogens (tertiary/aromatic N) is 3. The molecule has 4 rings (SSSR count). The van der Waals surface area contributed by atoms with Crippen molar-refractivity contribution in [3.63, 3.8) is 0 Å². The monoisotopic (exact) mass is 361 g/mol. The minimum absolute atomic E-state index is 0.0115. The van der Waals surface area contributed by atoms with Crippen molar-refractivity contribution in [3.8, 4) is 0 Å². The fraction of sp³-hybridized carbons (Fsp3) is 0.737. The van der Waals surface area contributed by atoms with Crippen molar-refractivity contribution in [2.75, 3.05) is 39.4 Å². The number of morpholine rings is 1. The Morgan fingerprint density at radius 3 is 2.58 bits per heavy atom. The highest BCUT2D eigenvalue weighted by atomic mass is 16.5. The van der Waals surface area contributed by atoms with Crippen LogP contribution in [0.5, 0.6) is 0 Å². The van der Waals surface area contributed by atoms with E-state index in [9.17, 15) is 9.59 Å². The van der Waals surface area contributed by atoms with Gasteiger partial charge in [-0.05, 0) is 33.1 Å². The van der Waals surface area contributed by atoms with Crippen molar-refractivity contribution in [2.24, 2.45) is 11.3 Å². The first-order chi connectivity index (χ1) is 12.5. The van der Waals surface area contributed by atoms with Crippen LogP contribution in [0.2, 0.25) is 0 Å². The molecule has 3 aliphatic rings. The van der Waals surface area contributed by atoms with Gasteiger partial charge in [-0.3, -0.25) is 9.59 Å². The van der Waals surface area contributed by atoms with Crippen molar-refractivity contribution >= 4 is 11.8 Å². The summed E-state index contributed by atoms with van der Waals surface area (Å²) in [5.41, 5.74) is 1.15. The molecule has 3 fully saturated rings. The normalized spacial score (nSPS) is 28.9. The van der Waals surface area contributed by atoms with Gasteiger partial charge in [0.2, 0.25) is 5.91 Å². The third kappa shape index (κ3) is 2.82. The number of rotatable bonds is 2. The second-order valence-corrected chi connectivity index (χ2v) is 7.92. The average Bonchev–Trinajstić information content (AvgIpc) is 3.35. The average molecular weight is 361 g/mol. The largest absolute Gasteiger partial charge is 0.378 e. The summed E-state index contributed by atoms with van der Waals surface area (Å²) in [6.07, 6.45) is 3.93. The van der Waals surface area contributed by atoms with Gasteiger partial charge in [-0.1, -0.05) is 11.6 Å². The van der Waals surface area contributed by atoms with E-state index in [1.54, 1.807) is 13.8 Å². The van der Waals surface area contributed by atoms with Crippen molar-refractivity contribution in [2.45, 2.75) is 39.5 Å². The lowest BCUT2D eigenvalue weighted by atomic mass is 9.76. The smallest absolute Gasteiger partial charge is 0.259 e. The van der Waals surface area contributed by atoms with Crippen LogP contribution in [-0.2, 0) is 9.53 Å². The Labute approximate surface area is 153 Å². The number of hydrogen-bond acceptors (Lipinski definition) is 5. The summed E-state index contributed by atoms with van der Waals surface area (Å²) in [4.78, 5) is 30.0.